The standard InChI is InChI=1S/C17H15ClN4O/c18-13-6-4-12(5-7-13)16-15(11-21-22-16)17(23)20-10-8-14-3-1-2-9-19-14/h1-7,9,11H,8,10H2,(H,20,23)(H,21,22). The van der Waals surface area contributed by atoms with Gasteiger partial charge in [-0.3, -0.25) is 14.9 Å². The Kier molecular flexibility index (Phi) is 4.68. The first kappa shape index (κ1) is 15.2. The molecule has 1 amide bonds. The van der Waals surface area contributed by atoms with E-state index >= 15 is 0 Å². The lowest BCUT2D eigenvalue weighted by Crippen LogP contribution is -2.26. The van der Waals surface area contributed by atoms with Crippen molar-refractivity contribution in [3.63, 3.8) is 0 Å². The van der Waals surface area contributed by atoms with Gasteiger partial charge in [-0.1, -0.05) is 29.8 Å². The van der Waals surface area contributed by atoms with Gasteiger partial charge < -0.3 is 5.32 Å². The van der Waals surface area contributed by atoms with Gasteiger partial charge in [0.1, 0.15) is 0 Å². The van der Waals surface area contributed by atoms with E-state index in [1.165, 1.54) is 6.20 Å². The molecule has 116 valence electrons. The lowest BCUT2D eigenvalue weighted by Gasteiger charge is -2.06. The smallest absolute Gasteiger partial charge is 0.255 e. The number of amides is 1. The van der Waals surface area contributed by atoms with Crippen molar-refractivity contribution < 1.29 is 4.79 Å². The highest BCUT2D eigenvalue weighted by Gasteiger charge is 2.14. The van der Waals surface area contributed by atoms with Crippen LogP contribution in [0.5, 0.6) is 0 Å². The van der Waals surface area contributed by atoms with E-state index in [0.29, 0.717) is 29.2 Å². The molecular weight excluding hydrogens is 312 g/mol. The van der Waals surface area contributed by atoms with E-state index in [-0.39, 0.29) is 5.91 Å². The minimum absolute atomic E-state index is 0.167. The van der Waals surface area contributed by atoms with Crippen LogP contribution in [-0.2, 0) is 6.42 Å². The van der Waals surface area contributed by atoms with Gasteiger partial charge in [-0.2, -0.15) is 5.10 Å². The van der Waals surface area contributed by atoms with Gasteiger partial charge in [-0.15, -0.1) is 0 Å². The summed E-state index contributed by atoms with van der Waals surface area (Å²) < 4.78 is 0. The summed E-state index contributed by atoms with van der Waals surface area (Å²) in [5.41, 5.74) is 2.99. The molecule has 3 rings (SSSR count). The zero-order valence-corrected chi connectivity index (χ0v) is 13.0. The number of hydrogen-bond acceptors (Lipinski definition) is 3. The third-order valence-corrected chi connectivity index (χ3v) is 3.66. The molecule has 0 aliphatic heterocycles. The van der Waals surface area contributed by atoms with Crippen LogP contribution in [0.4, 0.5) is 0 Å². The van der Waals surface area contributed by atoms with Crippen molar-refractivity contribution in [2.75, 3.05) is 6.54 Å². The van der Waals surface area contributed by atoms with Crippen LogP contribution in [0.2, 0.25) is 5.02 Å². The Labute approximate surface area is 138 Å². The molecule has 6 heteroatoms. The highest BCUT2D eigenvalue weighted by atomic mass is 35.5. The predicted octanol–water partition coefficient (Wildman–Crippen LogP) is 3.10. The van der Waals surface area contributed by atoms with E-state index in [9.17, 15) is 4.79 Å². The summed E-state index contributed by atoms with van der Waals surface area (Å²) in [5.74, 6) is -0.167. The summed E-state index contributed by atoms with van der Waals surface area (Å²) in [5, 5.41) is 10.4. The number of aromatic amines is 1. The SMILES string of the molecule is O=C(NCCc1ccccn1)c1cn[nH]c1-c1ccc(Cl)cc1. The molecule has 2 aromatic heterocycles. The fourth-order valence-corrected chi connectivity index (χ4v) is 2.37. The number of H-pyrrole nitrogens is 1. The normalized spacial score (nSPS) is 10.5. The largest absolute Gasteiger partial charge is 0.352 e. The molecule has 0 saturated heterocycles. The molecule has 3 aromatic rings. The third kappa shape index (κ3) is 3.76. The Morgan fingerprint density at radius 2 is 2.00 bits per heavy atom. The van der Waals surface area contributed by atoms with E-state index < -0.39 is 0 Å². The van der Waals surface area contributed by atoms with Crippen molar-refractivity contribution in [3.8, 4) is 11.3 Å². The molecule has 0 aliphatic carbocycles. The first-order valence-electron chi connectivity index (χ1n) is 7.21. The molecule has 23 heavy (non-hydrogen) atoms. The lowest BCUT2D eigenvalue weighted by molar-refractivity contribution is 0.0955. The number of nitrogens with one attached hydrogen (secondary N) is 2. The van der Waals surface area contributed by atoms with Crippen molar-refractivity contribution in [1.29, 1.82) is 0 Å². The van der Waals surface area contributed by atoms with Crippen LogP contribution in [0, 0.1) is 0 Å². The number of aromatic nitrogens is 3. The van der Waals surface area contributed by atoms with Gasteiger partial charge >= 0.3 is 0 Å². The minimum Gasteiger partial charge on any atom is -0.352 e. The average Bonchev–Trinajstić information content (AvgIpc) is 3.06. The van der Waals surface area contributed by atoms with Crippen LogP contribution in [0.1, 0.15) is 16.1 Å². The summed E-state index contributed by atoms with van der Waals surface area (Å²) in [6.45, 7) is 0.515. The second kappa shape index (κ2) is 7.07. The average molecular weight is 327 g/mol. The maximum absolute atomic E-state index is 12.3. The number of hydrogen-bond donors (Lipinski definition) is 2. The fourth-order valence-electron chi connectivity index (χ4n) is 2.24. The van der Waals surface area contributed by atoms with Crippen LogP contribution in [0.25, 0.3) is 11.3 Å². The molecule has 2 N–H and O–H groups in total. The van der Waals surface area contributed by atoms with Crippen LogP contribution >= 0.6 is 11.6 Å². The molecule has 0 unspecified atom stereocenters. The topological polar surface area (TPSA) is 70.7 Å². The molecule has 5 nitrogen and oxygen atoms in total. The Morgan fingerprint density at radius 3 is 2.74 bits per heavy atom. The van der Waals surface area contributed by atoms with Crippen LogP contribution in [-0.4, -0.2) is 27.6 Å². The van der Waals surface area contributed by atoms with E-state index in [0.717, 1.165) is 11.3 Å². The van der Waals surface area contributed by atoms with Crippen molar-refractivity contribution in [1.82, 2.24) is 20.5 Å². The number of carbonyl (C=O) groups excluding carboxylic acids is 1. The van der Waals surface area contributed by atoms with Crippen LogP contribution in [0.3, 0.4) is 0 Å². The Hall–Kier alpha value is -2.66. The molecule has 0 radical (unpaired) electrons. The zero-order chi connectivity index (χ0) is 16.1. The maximum atomic E-state index is 12.3. The summed E-state index contributed by atoms with van der Waals surface area (Å²) in [6.07, 6.45) is 3.95. The van der Waals surface area contributed by atoms with Gasteiger partial charge in [0.15, 0.2) is 0 Å². The Morgan fingerprint density at radius 1 is 1.17 bits per heavy atom. The van der Waals surface area contributed by atoms with Crippen LogP contribution < -0.4 is 5.32 Å². The van der Waals surface area contributed by atoms with Gasteiger partial charge in [0.05, 0.1) is 17.5 Å². The van der Waals surface area contributed by atoms with Crippen molar-refractivity contribution >= 4 is 17.5 Å². The number of nitrogens with zero attached hydrogens (tertiary/aromatic N) is 2. The third-order valence-electron chi connectivity index (χ3n) is 3.41. The molecule has 0 spiro atoms. The second-order valence-electron chi connectivity index (χ2n) is 4.99. The maximum Gasteiger partial charge on any atom is 0.255 e. The first-order valence-corrected chi connectivity index (χ1v) is 7.59. The zero-order valence-electron chi connectivity index (χ0n) is 12.3. The van der Waals surface area contributed by atoms with Crippen molar-refractivity contribution in [2.45, 2.75) is 6.42 Å². The summed E-state index contributed by atoms with van der Waals surface area (Å²) in [7, 11) is 0. The molecule has 0 saturated carbocycles. The molecule has 0 bridgehead atoms. The second-order valence-corrected chi connectivity index (χ2v) is 5.43. The highest BCUT2D eigenvalue weighted by molar-refractivity contribution is 6.30. The van der Waals surface area contributed by atoms with Crippen molar-refractivity contribution in [2.24, 2.45) is 0 Å². The first-order chi connectivity index (χ1) is 11.2. The highest BCUT2D eigenvalue weighted by Crippen LogP contribution is 2.22. The van der Waals surface area contributed by atoms with Crippen LogP contribution in [0.15, 0.2) is 54.9 Å². The molecular formula is C17H15ClN4O. The van der Waals surface area contributed by atoms with E-state index in [4.69, 9.17) is 11.6 Å². The van der Waals surface area contributed by atoms with E-state index in [1.54, 1.807) is 18.3 Å². The number of halogens is 1. The molecule has 2 heterocycles. The van der Waals surface area contributed by atoms with Crippen molar-refractivity contribution in [3.05, 3.63) is 71.1 Å². The Balaban J connectivity index is 1.66. The van der Waals surface area contributed by atoms with Gasteiger partial charge in [0, 0.05) is 35.4 Å². The van der Waals surface area contributed by atoms with E-state index in [2.05, 4.69) is 20.5 Å². The molecule has 0 atom stereocenters. The quantitative estimate of drug-likeness (QED) is 0.757. The summed E-state index contributed by atoms with van der Waals surface area (Å²) >= 11 is 5.89. The molecule has 1 aromatic carbocycles. The van der Waals surface area contributed by atoms with Gasteiger partial charge in [0.2, 0.25) is 0 Å². The Bertz CT molecular complexity index is 784. The molecule has 0 aliphatic rings. The number of rotatable bonds is 5. The van der Waals surface area contributed by atoms with Gasteiger partial charge in [-0.05, 0) is 24.3 Å². The lowest BCUT2D eigenvalue weighted by atomic mass is 10.1. The summed E-state index contributed by atoms with van der Waals surface area (Å²) in [6, 6.07) is 13.0. The molecule has 0 fully saturated rings. The number of pyridine rings is 1. The van der Waals surface area contributed by atoms with Gasteiger partial charge in [0.25, 0.3) is 5.91 Å². The monoisotopic (exact) mass is 326 g/mol. The fraction of sp³-hybridized carbons (Fsp3) is 0.118. The number of carbonyl (C=O) groups is 1. The van der Waals surface area contributed by atoms with E-state index in [1.807, 2.05) is 30.3 Å². The minimum atomic E-state index is -0.167. The number of benzene rings is 1. The van der Waals surface area contributed by atoms with Gasteiger partial charge in [-0.25, -0.2) is 0 Å². The predicted molar refractivity (Wildman–Crippen MR) is 89.3 cm³/mol. The summed E-state index contributed by atoms with van der Waals surface area (Å²) in [4.78, 5) is 16.6.